The highest BCUT2D eigenvalue weighted by Crippen LogP contribution is 2.38. The average molecular weight is 833 g/mol. The first kappa shape index (κ1) is 42.7. The van der Waals surface area contributed by atoms with Gasteiger partial charge < -0.3 is 52.1 Å². The third kappa shape index (κ3) is 11.5. The molecule has 0 aromatic heterocycles. The molecule has 0 aliphatic carbocycles. The maximum atomic E-state index is 13.0. The second kappa shape index (κ2) is 21.7. The van der Waals surface area contributed by atoms with Gasteiger partial charge in [0.05, 0.1) is 46.2 Å². The van der Waals surface area contributed by atoms with Crippen LogP contribution in [0.25, 0.3) is 0 Å². The molecular formula is C49H52O12. The molecule has 3 aliphatic rings. The Morgan fingerprint density at radius 3 is 1.26 bits per heavy atom. The van der Waals surface area contributed by atoms with Gasteiger partial charge in [0.25, 0.3) is 0 Å². The summed E-state index contributed by atoms with van der Waals surface area (Å²) in [5.41, 5.74) is 4.83. The van der Waals surface area contributed by atoms with Crippen LogP contribution in [0.15, 0.2) is 152 Å². The van der Waals surface area contributed by atoms with Gasteiger partial charge in [0.2, 0.25) is 0 Å². The number of methoxy groups -OCH3 is 1. The molecule has 3 fully saturated rings. The van der Waals surface area contributed by atoms with Crippen LogP contribution in [-0.4, -0.2) is 87.9 Å². The molecule has 0 saturated carbocycles. The fraction of sp³-hybridized carbons (Fsp3) is 0.367. The van der Waals surface area contributed by atoms with E-state index >= 15 is 0 Å². The third-order valence-electron chi connectivity index (χ3n) is 10.8. The molecule has 320 valence electrons. The van der Waals surface area contributed by atoms with Crippen molar-refractivity contribution >= 4 is 6.16 Å². The van der Waals surface area contributed by atoms with Crippen LogP contribution in [0.4, 0.5) is 4.79 Å². The van der Waals surface area contributed by atoms with Crippen LogP contribution in [-0.2, 0) is 85.1 Å². The number of ether oxygens (including phenoxy) is 11. The summed E-state index contributed by atoms with van der Waals surface area (Å²) >= 11 is 0. The number of benzene rings is 5. The van der Waals surface area contributed by atoms with Gasteiger partial charge >= 0.3 is 6.16 Å². The molecular weight excluding hydrogens is 781 g/mol. The Labute approximate surface area is 356 Å². The van der Waals surface area contributed by atoms with Gasteiger partial charge in [0.1, 0.15) is 36.6 Å². The van der Waals surface area contributed by atoms with Crippen LogP contribution in [0, 0.1) is 0 Å². The summed E-state index contributed by atoms with van der Waals surface area (Å²) in [5, 5.41) is 0. The predicted molar refractivity (Wildman–Crippen MR) is 222 cm³/mol. The lowest BCUT2D eigenvalue weighted by atomic mass is 9.96. The lowest BCUT2D eigenvalue weighted by molar-refractivity contribution is -0.362. The van der Waals surface area contributed by atoms with Crippen LogP contribution < -0.4 is 0 Å². The molecule has 0 spiro atoms. The SMILES string of the molecule is CO[C@H]1O[C@H](COCc2ccccc2)[C@@H](O[C@H]2O[C@H](COCc3ccccc3)[C@H](OCc3ccccc3)[C@@H]3OC(=O)O[C@@H]23)[C@H](OCc2ccccc2)[C@H]1OCc1ccccc1. The molecule has 5 aromatic rings. The van der Waals surface area contributed by atoms with E-state index in [4.69, 9.17) is 52.1 Å². The van der Waals surface area contributed by atoms with E-state index in [2.05, 4.69) is 0 Å². The Bertz CT molecular complexity index is 2030. The summed E-state index contributed by atoms with van der Waals surface area (Å²) < 4.78 is 70.7. The Kier molecular flexibility index (Phi) is 15.2. The predicted octanol–water partition coefficient (Wildman–Crippen LogP) is 7.56. The molecule has 12 heteroatoms. The Hall–Kier alpha value is -4.99. The highest BCUT2D eigenvalue weighted by atomic mass is 16.8. The van der Waals surface area contributed by atoms with E-state index in [-0.39, 0.29) is 33.0 Å². The van der Waals surface area contributed by atoms with Crippen LogP contribution >= 0.6 is 0 Å². The van der Waals surface area contributed by atoms with Crippen molar-refractivity contribution in [3.63, 3.8) is 0 Å². The van der Waals surface area contributed by atoms with Gasteiger partial charge in [-0.1, -0.05) is 152 Å². The van der Waals surface area contributed by atoms with Gasteiger partial charge in [-0.05, 0) is 27.8 Å². The van der Waals surface area contributed by atoms with Gasteiger partial charge in [-0.2, -0.15) is 0 Å². The van der Waals surface area contributed by atoms with Gasteiger partial charge in [-0.25, -0.2) is 4.79 Å². The van der Waals surface area contributed by atoms with Crippen molar-refractivity contribution < 1.29 is 56.9 Å². The highest BCUT2D eigenvalue weighted by molar-refractivity contribution is 5.63. The topological polar surface area (TPSA) is 119 Å². The van der Waals surface area contributed by atoms with Crippen molar-refractivity contribution in [2.24, 2.45) is 0 Å². The molecule has 0 unspecified atom stereocenters. The normalized spacial score (nSPS) is 27.2. The summed E-state index contributed by atoms with van der Waals surface area (Å²) in [6, 6.07) is 49.1. The fourth-order valence-electron chi connectivity index (χ4n) is 7.75. The van der Waals surface area contributed by atoms with Gasteiger partial charge in [0, 0.05) is 7.11 Å². The molecule has 10 atom stereocenters. The van der Waals surface area contributed by atoms with Gasteiger partial charge in [-0.15, -0.1) is 0 Å². The molecule has 61 heavy (non-hydrogen) atoms. The van der Waals surface area contributed by atoms with Gasteiger partial charge in [-0.3, -0.25) is 0 Å². The minimum absolute atomic E-state index is 0.0968. The summed E-state index contributed by atoms with van der Waals surface area (Å²) in [4.78, 5) is 13.0. The zero-order valence-corrected chi connectivity index (χ0v) is 34.1. The average Bonchev–Trinajstić information content (AvgIpc) is 3.71. The zero-order chi connectivity index (χ0) is 41.6. The second-order valence-electron chi connectivity index (χ2n) is 15.1. The molecule has 3 heterocycles. The number of fused-ring (bicyclic) bond motifs is 1. The molecule has 3 saturated heterocycles. The molecule has 0 radical (unpaired) electrons. The Morgan fingerprint density at radius 1 is 0.426 bits per heavy atom. The van der Waals surface area contributed by atoms with Crippen molar-refractivity contribution in [3.05, 3.63) is 179 Å². The summed E-state index contributed by atoms with van der Waals surface area (Å²) in [5.74, 6) is 0. The first-order valence-corrected chi connectivity index (χ1v) is 20.7. The van der Waals surface area contributed by atoms with Crippen LogP contribution in [0.1, 0.15) is 27.8 Å². The maximum absolute atomic E-state index is 13.0. The summed E-state index contributed by atoms with van der Waals surface area (Å²) in [6.45, 7) is 1.56. The van der Waals surface area contributed by atoms with E-state index in [0.717, 1.165) is 27.8 Å². The summed E-state index contributed by atoms with van der Waals surface area (Å²) in [7, 11) is 1.57. The van der Waals surface area contributed by atoms with Crippen molar-refractivity contribution in [2.45, 2.75) is 94.4 Å². The number of carbonyl (C=O) groups excluding carboxylic acids is 1. The van der Waals surface area contributed by atoms with Crippen LogP contribution in [0.5, 0.6) is 0 Å². The largest absolute Gasteiger partial charge is 0.509 e. The van der Waals surface area contributed by atoms with Crippen LogP contribution in [0.2, 0.25) is 0 Å². The number of carbonyl (C=O) groups is 1. The molecule has 0 amide bonds. The lowest BCUT2D eigenvalue weighted by Crippen LogP contribution is -2.65. The maximum Gasteiger partial charge on any atom is 0.509 e. The monoisotopic (exact) mass is 832 g/mol. The van der Waals surface area contributed by atoms with E-state index in [1.165, 1.54) is 0 Å². The molecule has 0 N–H and O–H groups in total. The standard InChI is InChI=1S/C49H52O12/c1-51-47-45(56-31-38-25-15-6-16-26-38)43(55-30-37-23-13-5-14-24-37)42(40(57-47)33-53-28-35-19-9-3-10-20-35)59-48-46-44(60-49(50)61-46)41(54-29-36-21-11-4-12-22-36)39(58-48)32-52-27-34-17-7-2-8-18-34/h2-26,39-48H,27-33H2,1H3/t39-,40-,41+,42-,43+,44+,45-,46-,47+,48-/m1/s1. The van der Waals surface area contributed by atoms with E-state index in [9.17, 15) is 4.79 Å². The molecule has 8 rings (SSSR count). The van der Waals surface area contributed by atoms with Crippen molar-refractivity contribution in [1.82, 2.24) is 0 Å². The summed E-state index contributed by atoms with van der Waals surface area (Å²) in [6.07, 6.45) is -9.52. The minimum atomic E-state index is -1.17. The van der Waals surface area contributed by atoms with Crippen molar-refractivity contribution in [2.75, 3.05) is 20.3 Å². The Morgan fingerprint density at radius 2 is 0.803 bits per heavy atom. The fourth-order valence-corrected chi connectivity index (χ4v) is 7.75. The van der Waals surface area contributed by atoms with Crippen molar-refractivity contribution in [1.29, 1.82) is 0 Å². The van der Waals surface area contributed by atoms with Crippen LogP contribution in [0.3, 0.4) is 0 Å². The smallest absolute Gasteiger partial charge is 0.424 e. The zero-order valence-electron chi connectivity index (χ0n) is 34.1. The highest BCUT2D eigenvalue weighted by Gasteiger charge is 2.58. The van der Waals surface area contributed by atoms with Gasteiger partial charge in [0.15, 0.2) is 24.8 Å². The molecule has 3 aliphatic heterocycles. The molecule has 12 nitrogen and oxygen atoms in total. The minimum Gasteiger partial charge on any atom is -0.424 e. The lowest BCUT2D eigenvalue weighted by Gasteiger charge is -2.48. The van der Waals surface area contributed by atoms with Crippen molar-refractivity contribution in [3.8, 4) is 0 Å². The Balaban J connectivity index is 1.10. The first-order valence-electron chi connectivity index (χ1n) is 20.7. The number of hydrogen-bond donors (Lipinski definition) is 0. The number of hydrogen-bond acceptors (Lipinski definition) is 12. The quantitative estimate of drug-likeness (QED) is 0.0721. The molecule has 5 aromatic carbocycles. The number of rotatable bonds is 20. The first-order chi connectivity index (χ1) is 30.1. The molecule has 0 bridgehead atoms. The third-order valence-corrected chi connectivity index (χ3v) is 10.8. The second-order valence-corrected chi connectivity index (χ2v) is 15.1. The van der Waals surface area contributed by atoms with E-state index in [1.807, 2.05) is 152 Å². The van der Waals surface area contributed by atoms with E-state index in [0.29, 0.717) is 13.2 Å². The van der Waals surface area contributed by atoms with E-state index < -0.39 is 67.6 Å². The van der Waals surface area contributed by atoms with E-state index in [1.54, 1.807) is 7.11 Å².